The first kappa shape index (κ1) is 16.6. The lowest BCUT2D eigenvalue weighted by molar-refractivity contribution is -0.126. The molecule has 126 valence electrons. The molecule has 1 fully saturated rings. The number of aromatic nitrogens is 2. The van der Waals surface area contributed by atoms with Gasteiger partial charge in [-0.15, -0.1) is 0 Å². The van der Waals surface area contributed by atoms with Crippen molar-refractivity contribution in [2.45, 2.75) is 31.2 Å². The zero-order valence-corrected chi connectivity index (χ0v) is 14.8. The number of amides is 3. The molecule has 0 radical (unpaired) electrons. The SMILES string of the molecule is Cc1ccc(-n2ccnc2S[C@@H](C)C(=O)N2CCNC2=O)c(C)c1. The average molecular weight is 344 g/mol. The van der Waals surface area contributed by atoms with Crippen LogP contribution < -0.4 is 5.32 Å². The number of imide groups is 1. The Balaban J connectivity index is 1.80. The summed E-state index contributed by atoms with van der Waals surface area (Å²) in [5.74, 6) is -0.190. The van der Waals surface area contributed by atoms with E-state index in [0.717, 1.165) is 16.4 Å². The minimum absolute atomic E-state index is 0.190. The number of hydrogen-bond acceptors (Lipinski definition) is 4. The van der Waals surface area contributed by atoms with Crippen LogP contribution in [0.4, 0.5) is 4.79 Å². The summed E-state index contributed by atoms with van der Waals surface area (Å²) in [4.78, 5) is 29.7. The molecule has 6 nitrogen and oxygen atoms in total. The van der Waals surface area contributed by atoms with Gasteiger partial charge in [0.1, 0.15) is 0 Å². The van der Waals surface area contributed by atoms with Crippen LogP contribution in [0.3, 0.4) is 0 Å². The summed E-state index contributed by atoms with van der Waals surface area (Å²) in [7, 11) is 0. The molecule has 1 aromatic heterocycles. The minimum Gasteiger partial charge on any atom is -0.336 e. The van der Waals surface area contributed by atoms with Crippen molar-refractivity contribution in [1.29, 1.82) is 0 Å². The van der Waals surface area contributed by atoms with Gasteiger partial charge in [0.15, 0.2) is 5.16 Å². The third-order valence-electron chi connectivity index (χ3n) is 3.97. The maximum Gasteiger partial charge on any atom is 0.324 e. The summed E-state index contributed by atoms with van der Waals surface area (Å²) < 4.78 is 1.98. The Morgan fingerprint density at radius 2 is 2.17 bits per heavy atom. The summed E-state index contributed by atoms with van der Waals surface area (Å²) in [5, 5.41) is 3.00. The Kier molecular flexibility index (Phi) is 4.62. The Morgan fingerprint density at radius 3 is 2.83 bits per heavy atom. The average Bonchev–Trinajstić information content (AvgIpc) is 3.15. The number of thioether (sulfide) groups is 1. The van der Waals surface area contributed by atoms with E-state index in [2.05, 4.69) is 42.3 Å². The molecule has 0 spiro atoms. The van der Waals surface area contributed by atoms with Crippen LogP contribution >= 0.6 is 11.8 Å². The van der Waals surface area contributed by atoms with E-state index in [9.17, 15) is 9.59 Å². The monoisotopic (exact) mass is 344 g/mol. The molecule has 3 rings (SSSR count). The molecular formula is C17H20N4O2S. The van der Waals surface area contributed by atoms with Gasteiger partial charge < -0.3 is 5.32 Å². The van der Waals surface area contributed by atoms with Crippen molar-refractivity contribution >= 4 is 23.7 Å². The molecule has 1 aliphatic heterocycles. The highest BCUT2D eigenvalue weighted by atomic mass is 32.2. The molecule has 1 aromatic carbocycles. The van der Waals surface area contributed by atoms with Crippen molar-refractivity contribution in [3.05, 3.63) is 41.7 Å². The van der Waals surface area contributed by atoms with E-state index in [1.165, 1.54) is 22.2 Å². The van der Waals surface area contributed by atoms with Crippen LogP contribution in [-0.4, -0.2) is 44.7 Å². The second-order valence-electron chi connectivity index (χ2n) is 5.85. The number of aryl methyl sites for hydroxylation is 2. The van der Waals surface area contributed by atoms with E-state index in [0.29, 0.717) is 13.1 Å². The first-order valence-electron chi connectivity index (χ1n) is 7.84. The van der Waals surface area contributed by atoms with E-state index in [1.54, 1.807) is 13.1 Å². The van der Waals surface area contributed by atoms with Gasteiger partial charge in [-0.05, 0) is 32.4 Å². The molecule has 0 bridgehead atoms. The summed E-state index contributed by atoms with van der Waals surface area (Å²) in [5.41, 5.74) is 3.39. The second-order valence-corrected chi connectivity index (χ2v) is 7.16. The largest absolute Gasteiger partial charge is 0.336 e. The smallest absolute Gasteiger partial charge is 0.324 e. The normalized spacial score (nSPS) is 15.5. The number of carbonyl (C=O) groups excluding carboxylic acids is 2. The molecule has 0 unspecified atom stereocenters. The van der Waals surface area contributed by atoms with Crippen molar-refractivity contribution < 1.29 is 9.59 Å². The predicted molar refractivity (Wildman–Crippen MR) is 93.5 cm³/mol. The Labute approximate surface area is 145 Å². The van der Waals surface area contributed by atoms with Gasteiger partial charge in [0.05, 0.1) is 10.9 Å². The third-order valence-corrected chi connectivity index (χ3v) is 5.04. The van der Waals surface area contributed by atoms with Gasteiger partial charge in [0.25, 0.3) is 0 Å². The van der Waals surface area contributed by atoms with E-state index in [-0.39, 0.29) is 17.2 Å². The van der Waals surface area contributed by atoms with Crippen LogP contribution in [-0.2, 0) is 4.79 Å². The highest BCUT2D eigenvalue weighted by Crippen LogP contribution is 2.27. The van der Waals surface area contributed by atoms with Gasteiger partial charge in [-0.2, -0.15) is 0 Å². The van der Waals surface area contributed by atoms with Gasteiger partial charge >= 0.3 is 6.03 Å². The second kappa shape index (κ2) is 6.68. The Bertz CT molecular complexity index is 787. The lowest BCUT2D eigenvalue weighted by atomic mass is 10.1. The molecule has 1 saturated heterocycles. The number of nitrogens with one attached hydrogen (secondary N) is 1. The number of imidazole rings is 1. The lowest BCUT2D eigenvalue weighted by Gasteiger charge is -2.18. The molecule has 0 saturated carbocycles. The molecule has 1 N–H and O–H groups in total. The number of benzene rings is 1. The van der Waals surface area contributed by atoms with Crippen LogP contribution in [0.5, 0.6) is 0 Å². The number of nitrogens with zero attached hydrogens (tertiary/aromatic N) is 3. The van der Waals surface area contributed by atoms with Crippen molar-refractivity contribution in [2.24, 2.45) is 0 Å². The molecule has 1 aliphatic rings. The topological polar surface area (TPSA) is 67.2 Å². The van der Waals surface area contributed by atoms with Crippen LogP contribution in [0.25, 0.3) is 5.69 Å². The number of carbonyl (C=O) groups is 2. The van der Waals surface area contributed by atoms with Gasteiger partial charge in [-0.1, -0.05) is 29.5 Å². The first-order valence-corrected chi connectivity index (χ1v) is 8.72. The third kappa shape index (κ3) is 3.17. The van der Waals surface area contributed by atoms with Crippen molar-refractivity contribution in [3.8, 4) is 5.69 Å². The molecule has 1 atom stereocenters. The van der Waals surface area contributed by atoms with Gasteiger partial charge in [-0.25, -0.2) is 9.78 Å². The summed E-state index contributed by atoms with van der Waals surface area (Å²) in [6, 6.07) is 5.91. The maximum atomic E-state index is 12.4. The van der Waals surface area contributed by atoms with E-state index < -0.39 is 0 Å². The van der Waals surface area contributed by atoms with Crippen LogP contribution in [0, 0.1) is 13.8 Å². The summed E-state index contributed by atoms with van der Waals surface area (Å²) in [6.07, 6.45) is 3.61. The molecule has 0 aliphatic carbocycles. The highest BCUT2D eigenvalue weighted by Gasteiger charge is 2.30. The van der Waals surface area contributed by atoms with Crippen molar-refractivity contribution in [2.75, 3.05) is 13.1 Å². The minimum atomic E-state index is -0.388. The first-order chi connectivity index (χ1) is 11.5. The van der Waals surface area contributed by atoms with Crippen LogP contribution in [0.15, 0.2) is 35.7 Å². The quantitative estimate of drug-likeness (QED) is 0.866. The standard InChI is InChI=1S/C17H20N4O2S/c1-11-4-5-14(12(2)10-11)20-8-7-19-17(20)24-13(3)15(22)21-9-6-18-16(21)23/h4-5,7-8,10,13H,6,9H2,1-3H3,(H,18,23)/t13-/m0/s1. The van der Waals surface area contributed by atoms with E-state index in [4.69, 9.17) is 0 Å². The molecule has 3 amide bonds. The molecule has 2 heterocycles. The van der Waals surface area contributed by atoms with E-state index >= 15 is 0 Å². The van der Waals surface area contributed by atoms with Crippen LogP contribution in [0.1, 0.15) is 18.1 Å². The zero-order valence-electron chi connectivity index (χ0n) is 13.9. The molecule has 7 heteroatoms. The fraction of sp³-hybridized carbons (Fsp3) is 0.353. The lowest BCUT2D eigenvalue weighted by Crippen LogP contribution is -2.39. The summed E-state index contributed by atoms with van der Waals surface area (Å²) in [6.45, 7) is 6.86. The molecule has 2 aromatic rings. The van der Waals surface area contributed by atoms with Crippen molar-refractivity contribution in [3.63, 3.8) is 0 Å². The maximum absolute atomic E-state index is 12.4. The van der Waals surface area contributed by atoms with Gasteiger partial charge in [0.2, 0.25) is 5.91 Å². The molecular weight excluding hydrogens is 324 g/mol. The fourth-order valence-electron chi connectivity index (χ4n) is 2.75. The molecule has 24 heavy (non-hydrogen) atoms. The highest BCUT2D eigenvalue weighted by molar-refractivity contribution is 8.00. The Hall–Kier alpha value is -2.28. The van der Waals surface area contributed by atoms with Crippen LogP contribution in [0.2, 0.25) is 0 Å². The number of hydrogen-bond donors (Lipinski definition) is 1. The summed E-state index contributed by atoms with van der Waals surface area (Å²) >= 11 is 1.36. The number of rotatable bonds is 4. The van der Waals surface area contributed by atoms with Gasteiger partial charge in [-0.3, -0.25) is 14.3 Å². The Morgan fingerprint density at radius 1 is 1.38 bits per heavy atom. The van der Waals surface area contributed by atoms with Crippen molar-refractivity contribution in [1.82, 2.24) is 19.8 Å². The fourth-order valence-corrected chi connectivity index (χ4v) is 3.68. The van der Waals surface area contributed by atoms with E-state index in [1.807, 2.05) is 10.8 Å². The number of urea groups is 1. The van der Waals surface area contributed by atoms with Gasteiger partial charge in [0, 0.05) is 25.5 Å². The zero-order chi connectivity index (χ0) is 17.3. The predicted octanol–water partition coefficient (Wildman–Crippen LogP) is 2.52.